The van der Waals surface area contributed by atoms with E-state index in [1.807, 2.05) is 0 Å². The van der Waals surface area contributed by atoms with Crippen LogP contribution < -0.4 is 5.32 Å². The minimum absolute atomic E-state index is 0.277. The van der Waals surface area contributed by atoms with E-state index in [9.17, 15) is 8.42 Å². The molecule has 0 radical (unpaired) electrons. The number of rotatable bonds is 3. The molecule has 0 spiro atoms. The molecule has 1 saturated heterocycles. The van der Waals surface area contributed by atoms with E-state index >= 15 is 0 Å². The van der Waals surface area contributed by atoms with Gasteiger partial charge in [0.15, 0.2) is 0 Å². The Balaban J connectivity index is 2.29. The molecule has 1 aliphatic rings. The Kier molecular flexibility index (Phi) is 3.76. The summed E-state index contributed by atoms with van der Waals surface area (Å²) in [5.41, 5.74) is 0. The second-order valence-electron chi connectivity index (χ2n) is 3.32. The van der Waals surface area contributed by atoms with Crippen LogP contribution in [-0.4, -0.2) is 32.5 Å². The molecule has 0 unspecified atom stereocenters. The maximum absolute atomic E-state index is 11.1. The quantitative estimate of drug-likeness (QED) is 0.774. The Morgan fingerprint density at radius 3 is 2.46 bits per heavy atom. The summed E-state index contributed by atoms with van der Waals surface area (Å²) < 4.78 is 22.1. The Labute approximate surface area is 84.1 Å². The average Bonchev–Trinajstić information content (AvgIpc) is 2.02. The van der Waals surface area contributed by atoms with Crippen LogP contribution in [-0.2, 0) is 9.84 Å². The van der Waals surface area contributed by atoms with Crippen molar-refractivity contribution in [2.75, 3.05) is 18.1 Å². The van der Waals surface area contributed by atoms with Crippen LogP contribution >= 0.6 is 11.6 Å². The van der Waals surface area contributed by atoms with Crippen molar-refractivity contribution in [2.45, 2.75) is 18.9 Å². The first-order valence-electron chi connectivity index (χ1n) is 4.27. The standard InChI is InChI=1S/C8H14ClNO2S/c1-7(9)6-10-8-2-4-13(11,12)5-3-8/h8,10H,1-6H2. The van der Waals surface area contributed by atoms with Crippen LogP contribution in [0.25, 0.3) is 0 Å². The average molecular weight is 224 g/mol. The summed E-state index contributed by atoms with van der Waals surface area (Å²) >= 11 is 5.58. The van der Waals surface area contributed by atoms with E-state index < -0.39 is 9.84 Å². The van der Waals surface area contributed by atoms with Gasteiger partial charge in [0, 0.05) is 17.6 Å². The molecule has 0 aliphatic carbocycles. The van der Waals surface area contributed by atoms with Gasteiger partial charge >= 0.3 is 0 Å². The van der Waals surface area contributed by atoms with Crippen molar-refractivity contribution in [3.63, 3.8) is 0 Å². The predicted octanol–water partition coefficient (Wildman–Crippen LogP) is 0.906. The van der Waals surface area contributed by atoms with Gasteiger partial charge in [0.25, 0.3) is 0 Å². The van der Waals surface area contributed by atoms with Crippen LogP contribution in [0, 0.1) is 0 Å². The van der Waals surface area contributed by atoms with Crippen molar-refractivity contribution in [2.24, 2.45) is 0 Å². The van der Waals surface area contributed by atoms with Gasteiger partial charge in [0.05, 0.1) is 11.5 Å². The fraction of sp³-hybridized carbons (Fsp3) is 0.750. The largest absolute Gasteiger partial charge is 0.309 e. The third-order valence-corrected chi connectivity index (χ3v) is 3.99. The predicted molar refractivity (Wildman–Crippen MR) is 54.7 cm³/mol. The summed E-state index contributed by atoms with van der Waals surface area (Å²) in [6.07, 6.45) is 1.37. The molecule has 3 nitrogen and oxygen atoms in total. The maximum Gasteiger partial charge on any atom is 0.150 e. The molecule has 0 aromatic carbocycles. The van der Waals surface area contributed by atoms with E-state index in [0.717, 1.165) is 0 Å². The highest BCUT2D eigenvalue weighted by atomic mass is 35.5. The SMILES string of the molecule is C=C(Cl)CNC1CCS(=O)(=O)CC1. The minimum atomic E-state index is -2.75. The van der Waals surface area contributed by atoms with Gasteiger partial charge in [-0.05, 0) is 12.8 Å². The second-order valence-corrected chi connectivity index (χ2v) is 6.16. The van der Waals surface area contributed by atoms with Gasteiger partial charge in [-0.25, -0.2) is 8.42 Å². The fourth-order valence-corrected chi connectivity index (χ4v) is 2.92. The van der Waals surface area contributed by atoms with Gasteiger partial charge in [-0.1, -0.05) is 18.2 Å². The lowest BCUT2D eigenvalue weighted by Crippen LogP contribution is -2.37. The van der Waals surface area contributed by atoms with Crippen LogP contribution in [0.4, 0.5) is 0 Å². The Morgan fingerprint density at radius 1 is 1.46 bits per heavy atom. The molecule has 13 heavy (non-hydrogen) atoms. The number of sulfone groups is 1. The van der Waals surface area contributed by atoms with Crippen molar-refractivity contribution in [1.82, 2.24) is 5.32 Å². The molecular formula is C8H14ClNO2S. The van der Waals surface area contributed by atoms with E-state index in [1.165, 1.54) is 0 Å². The second kappa shape index (κ2) is 4.44. The molecule has 1 aliphatic heterocycles. The first-order valence-corrected chi connectivity index (χ1v) is 6.46. The zero-order chi connectivity index (χ0) is 9.90. The molecule has 0 bridgehead atoms. The van der Waals surface area contributed by atoms with Crippen LogP contribution in [0.15, 0.2) is 11.6 Å². The summed E-state index contributed by atoms with van der Waals surface area (Å²) in [5, 5.41) is 3.73. The van der Waals surface area contributed by atoms with Crippen molar-refractivity contribution < 1.29 is 8.42 Å². The van der Waals surface area contributed by atoms with Gasteiger partial charge in [0.1, 0.15) is 9.84 Å². The van der Waals surface area contributed by atoms with Crippen molar-refractivity contribution in [1.29, 1.82) is 0 Å². The fourth-order valence-electron chi connectivity index (χ4n) is 1.35. The van der Waals surface area contributed by atoms with Gasteiger partial charge < -0.3 is 5.32 Å². The van der Waals surface area contributed by atoms with E-state index in [2.05, 4.69) is 11.9 Å². The third kappa shape index (κ3) is 4.11. The highest BCUT2D eigenvalue weighted by Crippen LogP contribution is 2.12. The highest BCUT2D eigenvalue weighted by Gasteiger charge is 2.22. The zero-order valence-corrected chi connectivity index (χ0v) is 9.00. The number of hydrogen-bond donors (Lipinski definition) is 1. The summed E-state index contributed by atoms with van der Waals surface area (Å²) in [5.74, 6) is 0.582. The molecule has 1 heterocycles. The molecule has 1 N–H and O–H groups in total. The monoisotopic (exact) mass is 223 g/mol. The van der Waals surface area contributed by atoms with Gasteiger partial charge in [-0.2, -0.15) is 0 Å². The first kappa shape index (κ1) is 11.0. The Bertz CT molecular complexity index is 273. The molecule has 0 atom stereocenters. The van der Waals surface area contributed by atoms with Gasteiger partial charge in [0.2, 0.25) is 0 Å². The normalized spacial score (nSPS) is 22.8. The summed E-state index contributed by atoms with van der Waals surface area (Å²) in [7, 11) is -2.75. The first-order chi connectivity index (χ1) is 5.99. The smallest absolute Gasteiger partial charge is 0.150 e. The molecule has 1 fully saturated rings. The van der Waals surface area contributed by atoms with Gasteiger partial charge in [-0.3, -0.25) is 0 Å². The lowest BCUT2D eigenvalue weighted by atomic mass is 10.1. The Hall–Kier alpha value is -0.0600. The molecule has 0 amide bonds. The summed E-state index contributed by atoms with van der Waals surface area (Å²) in [4.78, 5) is 0. The molecule has 5 heteroatoms. The molecule has 0 saturated carbocycles. The van der Waals surface area contributed by atoms with E-state index in [0.29, 0.717) is 35.9 Å². The lowest BCUT2D eigenvalue weighted by Gasteiger charge is -2.22. The van der Waals surface area contributed by atoms with Gasteiger partial charge in [-0.15, -0.1) is 0 Å². The van der Waals surface area contributed by atoms with Crippen molar-refractivity contribution in [3.05, 3.63) is 11.6 Å². The molecule has 1 rings (SSSR count). The van der Waals surface area contributed by atoms with Crippen LogP contribution in [0.1, 0.15) is 12.8 Å². The molecule has 0 aromatic rings. The summed E-state index contributed by atoms with van der Waals surface area (Å²) in [6.45, 7) is 4.11. The maximum atomic E-state index is 11.1. The van der Waals surface area contributed by atoms with Crippen LogP contribution in [0.5, 0.6) is 0 Å². The van der Waals surface area contributed by atoms with E-state index in [4.69, 9.17) is 11.6 Å². The van der Waals surface area contributed by atoms with Crippen molar-refractivity contribution in [3.8, 4) is 0 Å². The number of hydrogen-bond acceptors (Lipinski definition) is 3. The topological polar surface area (TPSA) is 46.2 Å². The highest BCUT2D eigenvalue weighted by molar-refractivity contribution is 7.91. The number of nitrogens with one attached hydrogen (secondary N) is 1. The van der Waals surface area contributed by atoms with Crippen LogP contribution in [0.2, 0.25) is 0 Å². The van der Waals surface area contributed by atoms with E-state index in [1.54, 1.807) is 0 Å². The molecule has 0 aromatic heterocycles. The third-order valence-electron chi connectivity index (χ3n) is 2.14. The molecule has 76 valence electrons. The Morgan fingerprint density at radius 2 is 2.00 bits per heavy atom. The minimum Gasteiger partial charge on any atom is -0.309 e. The summed E-state index contributed by atoms with van der Waals surface area (Å²) in [6, 6.07) is 0.277. The number of halogens is 1. The van der Waals surface area contributed by atoms with Crippen molar-refractivity contribution >= 4 is 21.4 Å². The lowest BCUT2D eigenvalue weighted by molar-refractivity contribution is 0.481. The van der Waals surface area contributed by atoms with Crippen LogP contribution in [0.3, 0.4) is 0 Å². The van der Waals surface area contributed by atoms with E-state index in [-0.39, 0.29) is 6.04 Å². The molecular weight excluding hydrogens is 210 g/mol. The zero-order valence-electron chi connectivity index (χ0n) is 7.42.